The zero-order valence-electron chi connectivity index (χ0n) is 12.2. The minimum Gasteiger partial charge on any atom is -0.462 e. The van der Waals surface area contributed by atoms with E-state index in [9.17, 15) is 4.79 Å². The number of nitrogens with zero attached hydrogens (tertiary/aromatic N) is 3. The topological polar surface area (TPSA) is 56.6 Å². The van der Waals surface area contributed by atoms with Gasteiger partial charge in [-0.25, -0.2) is 4.79 Å². The molecule has 1 rings (SSSR count). The molecule has 0 aromatic carbocycles. The zero-order chi connectivity index (χ0) is 14.3. The lowest BCUT2D eigenvalue weighted by Crippen LogP contribution is -2.23. The number of hydrogen-bond acceptors (Lipinski definition) is 5. The van der Waals surface area contributed by atoms with Crippen LogP contribution in [-0.2, 0) is 23.1 Å². The molecular formula is C13H23N3O3. The first-order chi connectivity index (χ1) is 9.10. The van der Waals surface area contributed by atoms with Crippen LogP contribution in [-0.4, -0.2) is 54.6 Å². The molecule has 0 aliphatic carbocycles. The molecule has 0 N–H and O–H groups in total. The molecular weight excluding hydrogens is 246 g/mol. The number of carbonyl (C=O) groups is 1. The van der Waals surface area contributed by atoms with E-state index in [4.69, 9.17) is 9.47 Å². The fraction of sp³-hybridized carbons (Fsp3) is 0.692. The summed E-state index contributed by atoms with van der Waals surface area (Å²) in [7, 11) is 5.54. The van der Waals surface area contributed by atoms with E-state index in [1.165, 1.54) is 0 Å². The van der Waals surface area contributed by atoms with Gasteiger partial charge in [0.2, 0.25) is 0 Å². The van der Waals surface area contributed by atoms with Crippen molar-refractivity contribution in [1.82, 2.24) is 14.7 Å². The molecule has 0 bridgehead atoms. The molecule has 1 heterocycles. The fourth-order valence-electron chi connectivity index (χ4n) is 1.84. The van der Waals surface area contributed by atoms with Crippen LogP contribution in [0.3, 0.4) is 0 Å². The van der Waals surface area contributed by atoms with E-state index in [1.807, 2.05) is 14.1 Å². The average Bonchev–Trinajstić information content (AvgIpc) is 2.72. The second-order valence-electron chi connectivity index (χ2n) is 4.43. The molecule has 6 nitrogen and oxygen atoms in total. The standard InChI is InChI=1S/C13H23N3O3/c1-5-19-13(17)11-9-14-16(3)12(11)10-15(2)7-6-8-18-4/h9H,5-8,10H2,1-4H3. The third-order valence-corrected chi connectivity index (χ3v) is 2.86. The number of carbonyl (C=O) groups excluding carboxylic acids is 1. The maximum absolute atomic E-state index is 11.8. The molecule has 1 aromatic rings. The van der Waals surface area contributed by atoms with Gasteiger partial charge in [0.05, 0.1) is 18.5 Å². The lowest BCUT2D eigenvalue weighted by molar-refractivity contribution is 0.0523. The Balaban J connectivity index is 2.66. The molecule has 0 radical (unpaired) electrons. The predicted octanol–water partition coefficient (Wildman–Crippen LogP) is 1.07. The van der Waals surface area contributed by atoms with Gasteiger partial charge in [-0.1, -0.05) is 0 Å². The van der Waals surface area contributed by atoms with Crippen molar-refractivity contribution in [1.29, 1.82) is 0 Å². The Labute approximate surface area is 114 Å². The van der Waals surface area contributed by atoms with Crippen molar-refractivity contribution in [3.8, 4) is 0 Å². The summed E-state index contributed by atoms with van der Waals surface area (Å²) in [6.07, 6.45) is 2.52. The normalized spacial score (nSPS) is 11.0. The van der Waals surface area contributed by atoms with Gasteiger partial charge in [0.15, 0.2) is 0 Å². The van der Waals surface area contributed by atoms with Crippen LogP contribution in [0.1, 0.15) is 29.4 Å². The minimum absolute atomic E-state index is 0.309. The van der Waals surface area contributed by atoms with E-state index in [0.717, 1.165) is 25.3 Å². The first kappa shape index (κ1) is 15.7. The van der Waals surface area contributed by atoms with Gasteiger partial charge in [-0.15, -0.1) is 0 Å². The number of aromatic nitrogens is 2. The summed E-state index contributed by atoms with van der Waals surface area (Å²) in [6.45, 7) is 4.47. The van der Waals surface area contributed by atoms with Crippen LogP contribution >= 0.6 is 0 Å². The third kappa shape index (κ3) is 4.65. The van der Waals surface area contributed by atoms with Crippen molar-refractivity contribution >= 4 is 5.97 Å². The summed E-state index contributed by atoms with van der Waals surface area (Å²) in [5.74, 6) is -0.309. The van der Waals surface area contributed by atoms with E-state index in [2.05, 4.69) is 10.00 Å². The van der Waals surface area contributed by atoms with Crippen molar-refractivity contribution < 1.29 is 14.3 Å². The highest BCUT2D eigenvalue weighted by Gasteiger charge is 2.18. The molecule has 19 heavy (non-hydrogen) atoms. The van der Waals surface area contributed by atoms with Crippen molar-refractivity contribution in [3.05, 3.63) is 17.5 Å². The van der Waals surface area contributed by atoms with E-state index >= 15 is 0 Å². The summed E-state index contributed by atoms with van der Waals surface area (Å²) >= 11 is 0. The molecule has 0 spiro atoms. The average molecular weight is 269 g/mol. The Hall–Kier alpha value is -1.40. The van der Waals surface area contributed by atoms with Gasteiger partial charge >= 0.3 is 5.97 Å². The first-order valence-corrected chi connectivity index (χ1v) is 6.45. The molecule has 1 aromatic heterocycles. The second kappa shape index (κ2) is 7.91. The molecule has 0 amide bonds. The first-order valence-electron chi connectivity index (χ1n) is 6.45. The lowest BCUT2D eigenvalue weighted by atomic mass is 10.2. The Kier molecular flexibility index (Phi) is 6.52. The fourth-order valence-corrected chi connectivity index (χ4v) is 1.84. The van der Waals surface area contributed by atoms with E-state index in [1.54, 1.807) is 24.9 Å². The molecule has 0 saturated carbocycles. The van der Waals surface area contributed by atoms with Crippen molar-refractivity contribution in [2.75, 3.05) is 33.9 Å². The van der Waals surface area contributed by atoms with Gasteiger partial charge < -0.3 is 14.4 Å². The van der Waals surface area contributed by atoms with Crippen LogP contribution in [0, 0.1) is 0 Å². The Bertz CT molecular complexity index is 404. The van der Waals surface area contributed by atoms with Gasteiger partial charge in [0.1, 0.15) is 5.56 Å². The molecule has 0 saturated heterocycles. The number of methoxy groups -OCH3 is 1. The molecule has 0 fully saturated rings. The third-order valence-electron chi connectivity index (χ3n) is 2.86. The number of esters is 1. The largest absolute Gasteiger partial charge is 0.462 e. The summed E-state index contributed by atoms with van der Waals surface area (Å²) in [4.78, 5) is 13.9. The lowest BCUT2D eigenvalue weighted by Gasteiger charge is -2.17. The number of ether oxygens (including phenoxy) is 2. The summed E-state index contributed by atoms with van der Waals surface area (Å²) in [5.41, 5.74) is 1.42. The second-order valence-corrected chi connectivity index (χ2v) is 4.43. The predicted molar refractivity (Wildman–Crippen MR) is 72.0 cm³/mol. The van der Waals surface area contributed by atoms with E-state index in [-0.39, 0.29) is 5.97 Å². The number of hydrogen-bond donors (Lipinski definition) is 0. The van der Waals surface area contributed by atoms with Crippen molar-refractivity contribution in [3.63, 3.8) is 0 Å². The van der Waals surface area contributed by atoms with E-state index in [0.29, 0.717) is 18.7 Å². The Morgan fingerprint density at radius 3 is 2.89 bits per heavy atom. The highest BCUT2D eigenvalue weighted by molar-refractivity contribution is 5.90. The van der Waals surface area contributed by atoms with Gasteiger partial charge in [0, 0.05) is 33.9 Å². The van der Waals surface area contributed by atoms with Crippen LogP contribution in [0.5, 0.6) is 0 Å². The highest BCUT2D eigenvalue weighted by atomic mass is 16.5. The summed E-state index contributed by atoms with van der Waals surface area (Å²) in [5, 5.41) is 4.13. The molecule has 108 valence electrons. The molecule has 6 heteroatoms. The molecule has 0 unspecified atom stereocenters. The molecule has 0 atom stereocenters. The Morgan fingerprint density at radius 2 is 2.26 bits per heavy atom. The molecule has 0 aliphatic rings. The van der Waals surface area contributed by atoms with Crippen molar-refractivity contribution in [2.45, 2.75) is 19.9 Å². The van der Waals surface area contributed by atoms with Gasteiger partial charge in [-0.05, 0) is 20.4 Å². The van der Waals surface area contributed by atoms with Gasteiger partial charge in [-0.2, -0.15) is 5.10 Å². The molecule has 0 aliphatic heterocycles. The van der Waals surface area contributed by atoms with Crippen LogP contribution in [0.25, 0.3) is 0 Å². The number of aryl methyl sites for hydroxylation is 1. The number of rotatable bonds is 8. The summed E-state index contributed by atoms with van der Waals surface area (Å²) < 4.78 is 11.8. The monoisotopic (exact) mass is 269 g/mol. The maximum Gasteiger partial charge on any atom is 0.341 e. The summed E-state index contributed by atoms with van der Waals surface area (Å²) in [6, 6.07) is 0. The maximum atomic E-state index is 11.8. The van der Waals surface area contributed by atoms with Crippen LogP contribution in [0.2, 0.25) is 0 Å². The zero-order valence-corrected chi connectivity index (χ0v) is 12.2. The van der Waals surface area contributed by atoms with Gasteiger partial charge in [0.25, 0.3) is 0 Å². The van der Waals surface area contributed by atoms with E-state index < -0.39 is 0 Å². The quantitative estimate of drug-likeness (QED) is 0.522. The SMILES string of the molecule is CCOC(=O)c1cnn(C)c1CN(C)CCCOC. The van der Waals surface area contributed by atoms with Crippen LogP contribution in [0.15, 0.2) is 6.20 Å². The van der Waals surface area contributed by atoms with Crippen molar-refractivity contribution in [2.24, 2.45) is 7.05 Å². The minimum atomic E-state index is -0.309. The highest BCUT2D eigenvalue weighted by Crippen LogP contribution is 2.11. The van der Waals surface area contributed by atoms with Gasteiger partial charge in [-0.3, -0.25) is 4.68 Å². The Morgan fingerprint density at radius 1 is 1.53 bits per heavy atom. The van der Waals surface area contributed by atoms with Crippen LogP contribution < -0.4 is 0 Å². The smallest absolute Gasteiger partial charge is 0.341 e. The van der Waals surface area contributed by atoms with Crippen LogP contribution in [0.4, 0.5) is 0 Å².